The van der Waals surface area contributed by atoms with Crippen LogP contribution in [-0.2, 0) is 6.54 Å². The van der Waals surface area contributed by atoms with Crippen LogP contribution in [0.3, 0.4) is 0 Å². The minimum Gasteiger partial charge on any atom is -0.320 e. The number of likely N-dealkylation sites (tertiary alicyclic amines) is 1. The summed E-state index contributed by atoms with van der Waals surface area (Å²) in [6.45, 7) is 5.64. The van der Waals surface area contributed by atoms with Gasteiger partial charge in [-0.2, -0.15) is 0 Å². The van der Waals surface area contributed by atoms with Crippen molar-refractivity contribution in [2.75, 3.05) is 19.6 Å². The van der Waals surface area contributed by atoms with Crippen molar-refractivity contribution in [1.82, 2.24) is 4.90 Å². The Morgan fingerprint density at radius 1 is 1.50 bits per heavy atom. The molecule has 1 unspecified atom stereocenters. The molecule has 1 aliphatic rings. The van der Waals surface area contributed by atoms with Crippen molar-refractivity contribution in [3.63, 3.8) is 0 Å². The highest BCUT2D eigenvalue weighted by atomic mass is 19.1. The Labute approximate surface area is 108 Å². The molecule has 0 radical (unpaired) electrons. The molecule has 1 aliphatic heterocycles. The predicted molar refractivity (Wildman–Crippen MR) is 71.4 cm³/mol. The predicted octanol–water partition coefficient (Wildman–Crippen LogP) is 1.98. The summed E-state index contributed by atoms with van der Waals surface area (Å²) < 4.78 is 13.2. The van der Waals surface area contributed by atoms with E-state index < -0.39 is 0 Å². The summed E-state index contributed by atoms with van der Waals surface area (Å²) >= 11 is 0. The van der Waals surface area contributed by atoms with Crippen LogP contribution in [0.2, 0.25) is 0 Å². The van der Waals surface area contributed by atoms with Gasteiger partial charge >= 0.3 is 0 Å². The molecule has 0 bridgehead atoms. The van der Waals surface area contributed by atoms with Crippen LogP contribution in [0, 0.1) is 23.6 Å². The summed E-state index contributed by atoms with van der Waals surface area (Å²) in [5, 5.41) is 0. The van der Waals surface area contributed by atoms with Crippen LogP contribution < -0.4 is 5.73 Å². The standard InChI is InChI=1S/C15H19FN2/c1-12-6-8-18(10-12)11-14-4-5-15(16)9-13(14)3-2-7-17/h4-5,9,12H,6-8,10-11,17H2,1H3. The van der Waals surface area contributed by atoms with Crippen molar-refractivity contribution in [3.05, 3.63) is 35.1 Å². The Bertz CT molecular complexity index is 473. The molecule has 0 aliphatic carbocycles. The van der Waals surface area contributed by atoms with Gasteiger partial charge in [0.15, 0.2) is 0 Å². The lowest BCUT2D eigenvalue weighted by molar-refractivity contribution is 0.320. The molecule has 0 aromatic heterocycles. The average molecular weight is 246 g/mol. The first-order chi connectivity index (χ1) is 8.69. The Balaban J connectivity index is 2.16. The van der Waals surface area contributed by atoms with Crippen LogP contribution in [0.25, 0.3) is 0 Å². The van der Waals surface area contributed by atoms with Gasteiger partial charge in [-0.1, -0.05) is 24.8 Å². The summed E-state index contributed by atoms with van der Waals surface area (Å²) in [5.41, 5.74) is 7.22. The number of rotatable bonds is 2. The minimum atomic E-state index is -0.241. The highest BCUT2D eigenvalue weighted by Gasteiger charge is 2.19. The summed E-state index contributed by atoms with van der Waals surface area (Å²) in [7, 11) is 0. The van der Waals surface area contributed by atoms with Gasteiger partial charge in [-0.25, -0.2) is 4.39 Å². The van der Waals surface area contributed by atoms with E-state index in [0.29, 0.717) is 6.54 Å². The Hall–Kier alpha value is -1.37. The van der Waals surface area contributed by atoms with Crippen LogP contribution in [-0.4, -0.2) is 24.5 Å². The summed E-state index contributed by atoms with van der Waals surface area (Å²) in [6, 6.07) is 4.83. The van der Waals surface area contributed by atoms with Crippen LogP contribution in [0.5, 0.6) is 0 Å². The first-order valence-electron chi connectivity index (χ1n) is 6.38. The second kappa shape index (κ2) is 5.99. The van der Waals surface area contributed by atoms with Gasteiger partial charge < -0.3 is 5.73 Å². The maximum atomic E-state index is 13.2. The molecule has 0 amide bonds. The molecular weight excluding hydrogens is 227 g/mol. The van der Waals surface area contributed by atoms with E-state index in [1.54, 1.807) is 0 Å². The van der Waals surface area contributed by atoms with Gasteiger partial charge in [0.1, 0.15) is 5.82 Å². The number of benzene rings is 1. The topological polar surface area (TPSA) is 29.3 Å². The van der Waals surface area contributed by atoms with E-state index in [9.17, 15) is 4.39 Å². The molecule has 1 aromatic rings. The normalized spacial score (nSPS) is 19.6. The van der Waals surface area contributed by atoms with Crippen molar-refractivity contribution in [2.24, 2.45) is 11.7 Å². The molecule has 1 aromatic carbocycles. The zero-order valence-electron chi connectivity index (χ0n) is 10.7. The van der Waals surface area contributed by atoms with E-state index >= 15 is 0 Å². The number of halogens is 1. The fourth-order valence-electron chi connectivity index (χ4n) is 2.36. The second-order valence-corrected chi connectivity index (χ2v) is 4.94. The van der Waals surface area contributed by atoms with Crippen LogP contribution >= 0.6 is 0 Å². The molecule has 1 saturated heterocycles. The lowest BCUT2D eigenvalue weighted by Crippen LogP contribution is -2.20. The minimum absolute atomic E-state index is 0.241. The van der Waals surface area contributed by atoms with Crippen LogP contribution in [0.15, 0.2) is 18.2 Å². The molecule has 18 heavy (non-hydrogen) atoms. The summed E-state index contributed by atoms with van der Waals surface area (Å²) in [6.07, 6.45) is 1.24. The van der Waals surface area contributed by atoms with Crippen molar-refractivity contribution in [1.29, 1.82) is 0 Å². The maximum Gasteiger partial charge on any atom is 0.124 e. The van der Waals surface area contributed by atoms with Gasteiger partial charge in [0.25, 0.3) is 0 Å². The number of nitrogens with zero attached hydrogens (tertiary/aromatic N) is 1. The number of hydrogen-bond acceptors (Lipinski definition) is 2. The van der Waals surface area contributed by atoms with Gasteiger partial charge in [-0.05, 0) is 36.6 Å². The molecule has 0 saturated carbocycles. The Morgan fingerprint density at radius 2 is 2.33 bits per heavy atom. The molecule has 3 heteroatoms. The van der Waals surface area contributed by atoms with Crippen molar-refractivity contribution in [2.45, 2.75) is 19.9 Å². The third-order valence-electron chi connectivity index (χ3n) is 3.30. The SMILES string of the molecule is CC1CCN(Cc2ccc(F)cc2C#CCN)C1. The fourth-order valence-corrected chi connectivity index (χ4v) is 2.36. The second-order valence-electron chi connectivity index (χ2n) is 4.94. The molecule has 96 valence electrons. The van der Waals surface area contributed by atoms with Crippen molar-refractivity contribution < 1.29 is 4.39 Å². The maximum absolute atomic E-state index is 13.2. The van der Waals surface area contributed by atoms with Gasteiger partial charge in [-0.3, -0.25) is 4.90 Å². The van der Waals surface area contributed by atoms with E-state index in [1.165, 1.54) is 18.6 Å². The molecule has 1 heterocycles. The quantitative estimate of drug-likeness (QED) is 0.808. The number of hydrogen-bond donors (Lipinski definition) is 1. The third-order valence-corrected chi connectivity index (χ3v) is 3.30. The lowest BCUT2D eigenvalue weighted by atomic mass is 10.1. The van der Waals surface area contributed by atoms with Crippen molar-refractivity contribution >= 4 is 0 Å². The average Bonchev–Trinajstić information content (AvgIpc) is 2.75. The fraction of sp³-hybridized carbons (Fsp3) is 0.467. The van der Waals surface area contributed by atoms with E-state index in [0.717, 1.165) is 36.7 Å². The van der Waals surface area contributed by atoms with E-state index in [-0.39, 0.29) is 5.82 Å². The van der Waals surface area contributed by atoms with Gasteiger partial charge in [0.2, 0.25) is 0 Å². The first kappa shape index (κ1) is 13.1. The monoisotopic (exact) mass is 246 g/mol. The molecule has 2 N–H and O–H groups in total. The Kier molecular flexibility index (Phi) is 4.35. The van der Waals surface area contributed by atoms with Crippen molar-refractivity contribution in [3.8, 4) is 11.8 Å². The molecule has 2 nitrogen and oxygen atoms in total. The number of nitrogens with two attached hydrogens (primary N) is 1. The summed E-state index contributed by atoms with van der Waals surface area (Å²) in [5.74, 6) is 6.27. The largest absolute Gasteiger partial charge is 0.320 e. The Morgan fingerprint density at radius 3 is 3.00 bits per heavy atom. The zero-order chi connectivity index (χ0) is 13.0. The van der Waals surface area contributed by atoms with E-state index in [4.69, 9.17) is 5.73 Å². The van der Waals surface area contributed by atoms with Crippen LogP contribution in [0.4, 0.5) is 4.39 Å². The molecule has 2 rings (SSSR count). The summed E-state index contributed by atoms with van der Waals surface area (Å²) in [4.78, 5) is 2.39. The van der Waals surface area contributed by atoms with Gasteiger partial charge in [0, 0.05) is 18.7 Å². The van der Waals surface area contributed by atoms with Gasteiger partial charge in [0.05, 0.1) is 6.54 Å². The van der Waals surface area contributed by atoms with Crippen LogP contribution in [0.1, 0.15) is 24.5 Å². The molecular formula is C15H19FN2. The molecule has 1 fully saturated rings. The first-order valence-corrected chi connectivity index (χ1v) is 6.38. The van der Waals surface area contributed by atoms with Gasteiger partial charge in [-0.15, -0.1) is 0 Å². The highest BCUT2D eigenvalue weighted by molar-refractivity contribution is 5.42. The molecule has 1 atom stereocenters. The molecule has 0 spiro atoms. The highest BCUT2D eigenvalue weighted by Crippen LogP contribution is 2.19. The lowest BCUT2D eigenvalue weighted by Gasteiger charge is -2.16. The van der Waals surface area contributed by atoms with E-state index in [1.807, 2.05) is 6.07 Å². The smallest absolute Gasteiger partial charge is 0.124 e. The zero-order valence-corrected chi connectivity index (χ0v) is 10.7. The third kappa shape index (κ3) is 3.32. The van der Waals surface area contributed by atoms with E-state index in [2.05, 4.69) is 23.7 Å².